The molecule has 0 saturated carbocycles. The second-order valence-electron chi connectivity index (χ2n) is 9.06. The van der Waals surface area contributed by atoms with Gasteiger partial charge in [0.25, 0.3) is 5.91 Å². The maximum atomic E-state index is 13.1. The third kappa shape index (κ3) is 4.32. The Morgan fingerprint density at radius 1 is 1.20 bits per heavy atom. The Morgan fingerprint density at radius 3 is 2.69 bits per heavy atom. The second-order valence-corrected chi connectivity index (χ2v) is 10.2. The van der Waals surface area contributed by atoms with Gasteiger partial charge in [0.05, 0.1) is 24.0 Å². The fourth-order valence-corrected chi connectivity index (χ4v) is 5.76. The van der Waals surface area contributed by atoms with Gasteiger partial charge in [-0.3, -0.25) is 4.79 Å². The number of nitrogens with one attached hydrogen (secondary N) is 1. The van der Waals surface area contributed by atoms with E-state index in [1.807, 2.05) is 24.8 Å². The molecule has 3 aromatic rings. The zero-order valence-electron chi connectivity index (χ0n) is 20.8. The van der Waals surface area contributed by atoms with Crippen molar-refractivity contribution in [2.75, 3.05) is 56.0 Å². The van der Waals surface area contributed by atoms with Gasteiger partial charge in [-0.05, 0) is 70.4 Å². The molecule has 184 valence electrons. The lowest BCUT2D eigenvalue weighted by Crippen LogP contribution is -2.29. The summed E-state index contributed by atoms with van der Waals surface area (Å²) in [6.45, 7) is 6.83. The molecule has 0 spiro atoms. The summed E-state index contributed by atoms with van der Waals surface area (Å²) in [7, 11) is 5.60. The molecule has 1 fully saturated rings. The molecule has 10 heteroatoms. The smallest absolute Gasteiger partial charge is 0.279 e. The molecule has 5 rings (SSSR count). The molecule has 1 aromatic carbocycles. The van der Waals surface area contributed by atoms with Crippen LogP contribution in [0.3, 0.4) is 0 Å². The fraction of sp³-hybridized carbons (Fsp3) is 0.440. The van der Waals surface area contributed by atoms with Crippen LogP contribution in [0.4, 0.5) is 28.1 Å². The molecule has 4 heterocycles. The highest BCUT2D eigenvalue weighted by molar-refractivity contribution is 7.16. The molecule has 2 aromatic heterocycles. The SMILES string of the molecule is CCN1c2nc(Nc3ccc(C4CCN(C)CC4)cc3OC)ncc2N(C)C(=O)c2nc(C)sc21. The third-order valence-electron chi connectivity index (χ3n) is 6.81. The summed E-state index contributed by atoms with van der Waals surface area (Å²) in [5, 5.41) is 4.99. The van der Waals surface area contributed by atoms with Crippen molar-refractivity contribution in [3.63, 3.8) is 0 Å². The molecule has 0 unspecified atom stereocenters. The van der Waals surface area contributed by atoms with Crippen molar-refractivity contribution in [1.29, 1.82) is 0 Å². The summed E-state index contributed by atoms with van der Waals surface area (Å²) >= 11 is 1.50. The minimum atomic E-state index is -0.156. The number of rotatable bonds is 5. The van der Waals surface area contributed by atoms with E-state index in [0.29, 0.717) is 35.6 Å². The first-order chi connectivity index (χ1) is 16.9. The van der Waals surface area contributed by atoms with Crippen LogP contribution in [0.5, 0.6) is 5.75 Å². The Balaban J connectivity index is 1.47. The zero-order valence-corrected chi connectivity index (χ0v) is 21.6. The van der Waals surface area contributed by atoms with Gasteiger partial charge in [0.1, 0.15) is 16.4 Å². The van der Waals surface area contributed by atoms with Crippen LogP contribution < -0.4 is 19.9 Å². The number of nitrogens with zero attached hydrogens (tertiary/aromatic N) is 6. The molecule has 0 atom stereocenters. The highest BCUT2D eigenvalue weighted by Gasteiger charge is 2.33. The monoisotopic (exact) mass is 493 g/mol. The van der Waals surface area contributed by atoms with Gasteiger partial charge in [0.2, 0.25) is 5.95 Å². The van der Waals surface area contributed by atoms with E-state index in [1.165, 1.54) is 16.9 Å². The first-order valence-corrected chi connectivity index (χ1v) is 12.7. The van der Waals surface area contributed by atoms with Crippen LogP contribution >= 0.6 is 11.3 Å². The third-order valence-corrected chi connectivity index (χ3v) is 7.81. The summed E-state index contributed by atoms with van der Waals surface area (Å²) in [5.74, 6) is 2.27. The maximum Gasteiger partial charge on any atom is 0.279 e. The molecule has 2 aliphatic rings. The van der Waals surface area contributed by atoms with E-state index in [2.05, 4.69) is 39.4 Å². The Hall–Kier alpha value is -3.24. The number of aromatic nitrogens is 3. The van der Waals surface area contributed by atoms with E-state index >= 15 is 0 Å². The van der Waals surface area contributed by atoms with E-state index in [-0.39, 0.29) is 5.91 Å². The molecule has 2 aliphatic heterocycles. The first-order valence-electron chi connectivity index (χ1n) is 11.9. The van der Waals surface area contributed by atoms with Gasteiger partial charge in [-0.15, -0.1) is 11.3 Å². The lowest BCUT2D eigenvalue weighted by atomic mass is 9.89. The van der Waals surface area contributed by atoms with Gasteiger partial charge in [0.15, 0.2) is 11.5 Å². The largest absolute Gasteiger partial charge is 0.495 e. The molecule has 0 aliphatic carbocycles. The predicted octanol–water partition coefficient (Wildman–Crippen LogP) is 4.55. The van der Waals surface area contributed by atoms with Crippen molar-refractivity contribution >= 4 is 45.4 Å². The van der Waals surface area contributed by atoms with Crippen LogP contribution in [0, 0.1) is 6.92 Å². The Kier molecular flexibility index (Phi) is 6.33. The molecule has 1 N–H and O–H groups in total. The number of hydrogen-bond donors (Lipinski definition) is 1. The number of carbonyl (C=O) groups is 1. The number of thiazole rings is 1. The van der Waals surface area contributed by atoms with Gasteiger partial charge in [-0.2, -0.15) is 4.98 Å². The average molecular weight is 494 g/mol. The number of ether oxygens (including phenoxy) is 1. The van der Waals surface area contributed by atoms with Gasteiger partial charge in [-0.1, -0.05) is 6.07 Å². The molecule has 9 nitrogen and oxygen atoms in total. The number of methoxy groups -OCH3 is 1. The number of amides is 1. The van der Waals surface area contributed by atoms with E-state index < -0.39 is 0 Å². The van der Waals surface area contributed by atoms with Gasteiger partial charge in [0, 0.05) is 13.6 Å². The molecular formula is C25H31N7O2S. The topological polar surface area (TPSA) is 86.7 Å². The molecule has 35 heavy (non-hydrogen) atoms. The van der Waals surface area contributed by atoms with E-state index in [9.17, 15) is 4.79 Å². The van der Waals surface area contributed by atoms with Crippen molar-refractivity contribution in [1.82, 2.24) is 19.9 Å². The molecule has 0 bridgehead atoms. The molecular weight excluding hydrogens is 462 g/mol. The maximum absolute atomic E-state index is 13.1. The van der Waals surface area contributed by atoms with Crippen LogP contribution in [0.1, 0.15) is 46.7 Å². The standard InChI is InChI=1S/C25H31N7O2S/c1-6-32-22-19(31(4)23(33)21-24(32)35-15(2)27-21)14-26-25(29-22)28-18-8-7-17(13-20(18)34-5)16-9-11-30(3)12-10-16/h7-8,13-14,16H,6,9-12H2,1-5H3,(H,26,28,29). The summed E-state index contributed by atoms with van der Waals surface area (Å²) in [5.41, 5.74) is 3.21. The quantitative estimate of drug-likeness (QED) is 0.554. The highest BCUT2D eigenvalue weighted by Crippen LogP contribution is 2.42. The second kappa shape index (κ2) is 9.43. The number of anilines is 5. The number of fused-ring (bicyclic) bond motifs is 2. The number of aryl methyl sites for hydroxylation is 1. The molecule has 0 radical (unpaired) electrons. The Labute approximate surface area is 209 Å². The van der Waals surface area contributed by atoms with Crippen molar-refractivity contribution in [3.05, 3.63) is 40.7 Å². The summed E-state index contributed by atoms with van der Waals surface area (Å²) in [6.07, 6.45) is 3.99. The number of hydrogen-bond acceptors (Lipinski definition) is 9. The molecule has 1 saturated heterocycles. The normalized spacial score (nSPS) is 16.7. The number of carbonyl (C=O) groups excluding carboxylic acids is 1. The minimum absolute atomic E-state index is 0.156. The van der Waals surface area contributed by atoms with E-state index in [1.54, 1.807) is 25.3 Å². The summed E-state index contributed by atoms with van der Waals surface area (Å²) in [4.78, 5) is 32.9. The van der Waals surface area contributed by atoms with Crippen LogP contribution in [0.25, 0.3) is 0 Å². The number of piperidine rings is 1. The van der Waals surface area contributed by atoms with E-state index in [0.717, 1.165) is 47.4 Å². The van der Waals surface area contributed by atoms with Crippen LogP contribution in [0.15, 0.2) is 24.4 Å². The van der Waals surface area contributed by atoms with Crippen LogP contribution in [0.2, 0.25) is 0 Å². The summed E-state index contributed by atoms with van der Waals surface area (Å²) in [6, 6.07) is 6.33. The minimum Gasteiger partial charge on any atom is -0.495 e. The van der Waals surface area contributed by atoms with Gasteiger partial charge >= 0.3 is 0 Å². The zero-order chi connectivity index (χ0) is 24.7. The van der Waals surface area contributed by atoms with Crippen molar-refractivity contribution in [2.45, 2.75) is 32.6 Å². The van der Waals surface area contributed by atoms with Crippen molar-refractivity contribution in [3.8, 4) is 5.75 Å². The summed E-state index contributed by atoms with van der Waals surface area (Å²) < 4.78 is 5.73. The lowest BCUT2D eigenvalue weighted by Gasteiger charge is -2.29. The number of benzene rings is 1. The molecule has 1 amide bonds. The van der Waals surface area contributed by atoms with Gasteiger partial charge in [-0.25, -0.2) is 9.97 Å². The van der Waals surface area contributed by atoms with Crippen molar-refractivity contribution in [2.24, 2.45) is 0 Å². The van der Waals surface area contributed by atoms with Crippen LogP contribution in [-0.4, -0.2) is 66.6 Å². The Morgan fingerprint density at radius 2 is 1.97 bits per heavy atom. The highest BCUT2D eigenvalue weighted by atomic mass is 32.1. The van der Waals surface area contributed by atoms with Crippen LogP contribution in [-0.2, 0) is 0 Å². The lowest BCUT2D eigenvalue weighted by molar-refractivity contribution is 0.0990. The first kappa shape index (κ1) is 23.5. The Bertz CT molecular complexity index is 1250. The number of likely N-dealkylation sites (tertiary alicyclic amines) is 1. The average Bonchev–Trinajstić information content (AvgIpc) is 3.22. The van der Waals surface area contributed by atoms with Crippen molar-refractivity contribution < 1.29 is 9.53 Å². The van der Waals surface area contributed by atoms with Gasteiger partial charge < -0.3 is 24.8 Å². The van der Waals surface area contributed by atoms with E-state index in [4.69, 9.17) is 9.72 Å². The predicted molar refractivity (Wildman–Crippen MR) is 140 cm³/mol. The fourth-order valence-electron chi connectivity index (χ4n) is 4.79.